The molecular formula is C28H42N2O8S2. The molecule has 1 aliphatic heterocycles. The van der Waals surface area contributed by atoms with Crippen molar-refractivity contribution in [2.45, 2.75) is 89.6 Å². The predicted octanol–water partition coefficient (Wildman–Crippen LogP) is 5.46. The second-order valence-corrected chi connectivity index (χ2v) is 14.8. The van der Waals surface area contributed by atoms with E-state index in [2.05, 4.69) is 0 Å². The van der Waals surface area contributed by atoms with E-state index in [4.69, 9.17) is 9.68 Å². The van der Waals surface area contributed by atoms with Crippen molar-refractivity contribution in [2.24, 2.45) is 10.8 Å². The Bertz CT molecular complexity index is 1030. The Morgan fingerprint density at radius 3 is 1.43 bits per heavy atom. The molecule has 0 unspecified atom stereocenters. The van der Waals surface area contributed by atoms with Gasteiger partial charge in [0, 0.05) is 24.3 Å². The Labute approximate surface area is 244 Å². The van der Waals surface area contributed by atoms with E-state index in [0.717, 1.165) is 59.5 Å². The van der Waals surface area contributed by atoms with Crippen molar-refractivity contribution < 1.29 is 39.7 Å². The zero-order chi connectivity index (χ0) is 29.6. The van der Waals surface area contributed by atoms with Gasteiger partial charge in [0.2, 0.25) is 23.5 Å². The van der Waals surface area contributed by atoms with Gasteiger partial charge in [0.15, 0.2) is 0 Å². The summed E-state index contributed by atoms with van der Waals surface area (Å²) in [7, 11) is 0. The Morgan fingerprint density at radius 1 is 0.725 bits per heavy atom. The van der Waals surface area contributed by atoms with Crippen molar-refractivity contribution in [2.75, 3.05) is 11.5 Å². The fraction of sp³-hybridized carbons (Fsp3) is 0.643. The van der Waals surface area contributed by atoms with Crippen molar-refractivity contribution in [3.8, 4) is 23.5 Å². The van der Waals surface area contributed by atoms with Crippen molar-refractivity contribution in [1.29, 1.82) is 0 Å². The van der Waals surface area contributed by atoms with Gasteiger partial charge in [0.05, 0.1) is 14.9 Å². The smallest absolute Gasteiger partial charge is 0.338 e. The Morgan fingerprint density at radius 2 is 1.07 bits per heavy atom. The van der Waals surface area contributed by atoms with E-state index in [1.807, 2.05) is 23.5 Å². The van der Waals surface area contributed by atoms with Crippen LogP contribution in [0.15, 0.2) is 24.3 Å². The highest BCUT2D eigenvalue weighted by Gasteiger charge is 2.36. The number of carbonyl (C=O) groups is 2. The lowest BCUT2D eigenvalue weighted by Gasteiger charge is -2.37. The second-order valence-electron chi connectivity index (χ2n) is 11.6. The molecule has 3 rings (SSSR count). The molecular weight excluding hydrogens is 556 g/mol. The average Bonchev–Trinajstić information content (AvgIpc) is 3.40. The summed E-state index contributed by atoms with van der Waals surface area (Å²) in [4.78, 5) is 35.8. The monoisotopic (exact) mass is 598 g/mol. The number of hydrogen-bond donors (Lipinski definition) is 4. The first-order valence-corrected chi connectivity index (χ1v) is 15.7. The first kappa shape index (κ1) is 31.9. The van der Waals surface area contributed by atoms with Crippen LogP contribution in [0.25, 0.3) is 0 Å². The van der Waals surface area contributed by atoms with Gasteiger partial charge in [-0.25, -0.2) is 9.59 Å². The third-order valence-electron chi connectivity index (χ3n) is 7.29. The highest BCUT2D eigenvalue weighted by molar-refractivity contribution is 8.18. The topological polar surface area (TPSA) is 143 Å². The summed E-state index contributed by atoms with van der Waals surface area (Å²) in [5, 5.41) is 39.0. The van der Waals surface area contributed by atoms with Crippen molar-refractivity contribution in [3.63, 3.8) is 0 Å². The number of aromatic nitrogens is 2. The molecule has 1 aliphatic rings. The number of thioether (sulfide) groups is 2. The van der Waals surface area contributed by atoms with Crippen LogP contribution in [0.5, 0.6) is 23.5 Å². The number of nitrogens with zero attached hydrogens (tertiary/aromatic N) is 2. The van der Waals surface area contributed by atoms with E-state index in [0.29, 0.717) is 12.8 Å². The maximum atomic E-state index is 12.7. The fourth-order valence-corrected chi connectivity index (χ4v) is 8.05. The number of aromatic hydroxyl groups is 4. The molecule has 12 heteroatoms. The molecule has 0 bridgehead atoms. The van der Waals surface area contributed by atoms with Gasteiger partial charge < -0.3 is 30.1 Å². The molecule has 0 saturated carbocycles. The molecule has 1 fully saturated rings. The molecule has 0 radical (unpaired) electrons. The third kappa shape index (κ3) is 8.22. The lowest BCUT2D eigenvalue weighted by atomic mass is 9.86. The molecule has 10 nitrogen and oxygen atoms in total. The summed E-state index contributed by atoms with van der Waals surface area (Å²) in [6, 6.07) is 5.01. The largest absolute Gasteiger partial charge is 0.492 e. The average molecular weight is 599 g/mol. The molecule has 4 N–H and O–H groups in total. The SMILES string of the molecule is CC(C)(CCCCC1(CCCCC(C)(C)C(=O)On2c(O)ccc2O)SCCCS1)C(=O)On1c(O)ccc1O. The molecule has 2 aromatic rings. The molecule has 0 aliphatic carbocycles. The summed E-state index contributed by atoms with van der Waals surface area (Å²) < 4.78 is 1.56. The van der Waals surface area contributed by atoms with Crippen LogP contribution >= 0.6 is 23.5 Å². The van der Waals surface area contributed by atoms with Crippen LogP contribution in [0.2, 0.25) is 0 Å². The molecule has 0 atom stereocenters. The van der Waals surface area contributed by atoms with Gasteiger partial charge in [0.25, 0.3) is 0 Å². The highest BCUT2D eigenvalue weighted by atomic mass is 32.2. The second kappa shape index (κ2) is 13.4. The Hall–Kier alpha value is -2.60. The minimum atomic E-state index is -0.780. The number of hydrogen-bond acceptors (Lipinski definition) is 10. The Balaban J connectivity index is 1.45. The number of carbonyl (C=O) groups excluding carboxylic acids is 2. The van der Waals surface area contributed by atoms with Gasteiger partial charge >= 0.3 is 11.9 Å². The van der Waals surface area contributed by atoms with Gasteiger partial charge in [-0.15, -0.1) is 33.0 Å². The molecule has 0 aromatic carbocycles. The van der Waals surface area contributed by atoms with Gasteiger partial charge in [0.1, 0.15) is 0 Å². The molecule has 0 amide bonds. The normalized spacial score (nSPS) is 15.6. The van der Waals surface area contributed by atoms with Gasteiger partial charge in [-0.05, 0) is 71.3 Å². The minimum absolute atomic E-state index is 0.110. The summed E-state index contributed by atoms with van der Waals surface area (Å²) in [6.45, 7) is 7.22. The zero-order valence-electron chi connectivity index (χ0n) is 23.7. The lowest BCUT2D eigenvalue weighted by molar-refractivity contribution is -0.156. The van der Waals surface area contributed by atoms with Crippen molar-refractivity contribution >= 4 is 35.5 Å². The zero-order valence-corrected chi connectivity index (χ0v) is 25.4. The van der Waals surface area contributed by atoms with Crippen LogP contribution < -0.4 is 9.68 Å². The first-order valence-electron chi connectivity index (χ1n) is 13.7. The van der Waals surface area contributed by atoms with Crippen LogP contribution in [-0.4, -0.2) is 57.4 Å². The number of rotatable bonds is 14. The van der Waals surface area contributed by atoms with E-state index in [1.54, 1.807) is 27.7 Å². The summed E-state index contributed by atoms with van der Waals surface area (Å²) in [5.74, 6) is -0.149. The number of unbranched alkanes of at least 4 members (excludes halogenated alkanes) is 2. The molecule has 0 spiro atoms. The highest BCUT2D eigenvalue weighted by Crippen LogP contribution is 2.49. The van der Waals surface area contributed by atoms with Crippen LogP contribution in [0.4, 0.5) is 0 Å². The first-order chi connectivity index (χ1) is 18.8. The molecule has 1 saturated heterocycles. The quantitative estimate of drug-likeness (QED) is 0.207. The van der Waals surface area contributed by atoms with Gasteiger partial charge in [-0.1, -0.05) is 25.7 Å². The van der Waals surface area contributed by atoms with E-state index >= 15 is 0 Å². The van der Waals surface area contributed by atoms with Crippen molar-refractivity contribution in [1.82, 2.24) is 9.46 Å². The standard InChI is InChI=1S/C28H42N2O8S2/c1-26(2,24(35)37-29-20(31)10-11-21(29)32)14-5-7-16-28(39-18-9-19-40-28)17-8-6-15-27(3,4)25(36)38-30-22(33)12-13-23(30)34/h10-13,31-34H,5-9,14-19H2,1-4H3. The molecule has 3 heterocycles. The van der Waals surface area contributed by atoms with Gasteiger partial charge in [-0.2, -0.15) is 0 Å². The predicted molar refractivity (Wildman–Crippen MR) is 155 cm³/mol. The van der Waals surface area contributed by atoms with Crippen LogP contribution in [0.1, 0.15) is 85.5 Å². The fourth-order valence-electron chi connectivity index (χ4n) is 4.56. The van der Waals surface area contributed by atoms with Crippen LogP contribution in [-0.2, 0) is 9.59 Å². The Kier molecular flexibility index (Phi) is 10.7. The summed E-state index contributed by atoms with van der Waals surface area (Å²) in [5.41, 5.74) is -1.56. The third-order valence-corrected chi connectivity index (χ3v) is 10.8. The van der Waals surface area contributed by atoms with E-state index in [-0.39, 0.29) is 27.6 Å². The van der Waals surface area contributed by atoms with E-state index < -0.39 is 22.8 Å². The molecule has 40 heavy (non-hydrogen) atoms. The maximum Gasteiger partial charge on any atom is 0.338 e. The van der Waals surface area contributed by atoms with Crippen LogP contribution in [0.3, 0.4) is 0 Å². The van der Waals surface area contributed by atoms with Crippen LogP contribution in [0, 0.1) is 10.8 Å². The van der Waals surface area contributed by atoms with E-state index in [9.17, 15) is 30.0 Å². The summed E-state index contributed by atoms with van der Waals surface area (Å²) >= 11 is 4.03. The maximum absolute atomic E-state index is 12.7. The van der Waals surface area contributed by atoms with E-state index in [1.165, 1.54) is 30.7 Å². The lowest BCUT2D eigenvalue weighted by Crippen LogP contribution is -2.33. The molecule has 2 aromatic heterocycles. The van der Waals surface area contributed by atoms with Crippen molar-refractivity contribution in [3.05, 3.63) is 24.3 Å². The summed E-state index contributed by atoms with van der Waals surface area (Å²) in [6.07, 6.45) is 8.04. The minimum Gasteiger partial charge on any atom is -0.492 e. The molecule has 224 valence electrons. The van der Waals surface area contributed by atoms with Gasteiger partial charge in [-0.3, -0.25) is 0 Å².